The summed E-state index contributed by atoms with van der Waals surface area (Å²) < 4.78 is 0. The van der Waals surface area contributed by atoms with Crippen LogP contribution in [0.2, 0.25) is 0 Å². The van der Waals surface area contributed by atoms with Crippen molar-refractivity contribution >= 4 is 8.41 Å². The summed E-state index contributed by atoms with van der Waals surface area (Å²) >= 11 is 0. The lowest BCUT2D eigenvalue weighted by atomic mass is 10.4. The smallest absolute Gasteiger partial charge is 0 e. The van der Waals surface area contributed by atoms with E-state index in [9.17, 15) is 0 Å². The Kier molecular flexibility index (Phi) is 54.2. The molecule has 0 aromatic heterocycles. The molecule has 0 heterocycles. The van der Waals surface area contributed by atoms with Gasteiger partial charge < -0.3 is 0 Å². The van der Waals surface area contributed by atoms with E-state index in [1.165, 1.54) is 12.8 Å². The minimum absolute atomic E-state index is 0. The standard InChI is InChI=1S/C4H10.CH4.B/c1-3-4-2;;/h3-4H2,1-2H3;1H4;. The molecule has 0 fully saturated rings. The van der Waals surface area contributed by atoms with Crippen molar-refractivity contribution in [3.63, 3.8) is 0 Å². The van der Waals surface area contributed by atoms with Crippen molar-refractivity contribution in [1.29, 1.82) is 0 Å². The highest BCUT2D eigenvalue weighted by Crippen LogP contribution is 1.76. The maximum absolute atomic E-state index is 2.18. The van der Waals surface area contributed by atoms with E-state index in [1.807, 2.05) is 0 Å². The second kappa shape index (κ2) is 19.6. The van der Waals surface area contributed by atoms with Crippen molar-refractivity contribution < 1.29 is 0 Å². The molecule has 0 nitrogen and oxygen atoms in total. The van der Waals surface area contributed by atoms with Crippen LogP contribution in [0.15, 0.2) is 0 Å². The van der Waals surface area contributed by atoms with Gasteiger partial charge in [0.1, 0.15) is 0 Å². The monoisotopic (exact) mass is 85.1 g/mol. The zero-order valence-corrected chi connectivity index (χ0v) is 3.99. The van der Waals surface area contributed by atoms with E-state index in [-0.39, 0.29) is 15.8 Å². The second-order valence-electron chi connectivity index (χ2n) is 1.000. The third-order valence-corrected chi connectivity index (χ3v) is 0.500. The minimum Gasteiger partial charge on any atom is -0.0776 e. The van der Waals surface area contributed by atoms with Crippen molar-refractivity contribution in [3.8, 4) is 0 Å². The van der Waals surface area contributed by atoms with Crippen LogP contribution in [0.5, 0.6) is 0 Å². The summed E-state index contributed by atoms with van der Waals surface area (Å²) in [6.45, 7) is 4.36. The predicted octanol–water partition coefficient (Wildman–Crippen LogP) is 2.06. The highest BCUT2D eigenvalue weighted by Gasteiger charge is 1.56. The fourth-order valence-electron chi connectivity index (χ4n) is 0. The van der Waals surface area contributed by atoms with Crippen LogP contribution in [0.25, 0.3) is 0 Å². The quantitative estimate of drug-likeness (QED) is 0.427. The minimum atomic E-state index is 0. The van der Waals surface area contributed by atoms with Crippen LogP contribution in [0, 0.1) is 0 Å². The maximum Gasteiger partial charge on any atom is 0 e. The van der Waals surface area contributed by atoms with Crippen molar-refractivity contribution in [1.82, 2.24) is 0 Å². The lowest BCUT2D eigenvalue weighted by Gasteiger charge is -1.68. The van der Waals surface area contributed by atoms with Gasteiger partial charge in [-0.1, -0.05) is 34.1 Å². The molecule has 37 valence electrons. The molecule has 0 aliphatic heterocycles. The van der Waals surface area contributed by atoms with Gasteiger partial charge in [-0.3, -0.25) is 0 Å². The summed E-state index contributed by atoms with van der Waals surface area (Å²) in [5, 5.41) is 0. The normalized spacial score (nSPS) is 5.00. The molecule has 0 bridgehead atoms. The molecule has 0 aliphatic rings. The van der Waals surface area contributed by atoms with Crippen molar-refractivity contribution in [2.75, 3.05) is 0 Å². The molecule has 0 rings (SSSR count). The van der Waals surface area contributed by atoms with Gasteiger partial charge in [-0.05, 0) is 0 Å². The Balaban J connectivity index is -0.0000000450. The molecule has 0 N–H and O–H groups in total. The molecule has 0 amide bonds. The lowest BCUT2D eigenvalue weighted by molar-refractivity contribution is 0.886. The molecule has 0 spiro atoms. The van der Waals surface area contributed by atoms with Crippen LogP contribution in [-0.2, 0) is 0 Å². The number of hydrogen-bond acceptors (Lipinski definition) is 0. The Bertz CT molecular complexity index is 5.90. The van der Waals surface area contributed by atoms with Gasteiger partial charge in [-0.2, -0.15) is 0 Å². The molecule has 0 saturated carbocycles. The van der Waals surface area contributed by atoms with Gasteiger partial charge in [0.15, 0.2) is 0 Å². The largest absolute Gasteiger partial charge is 0.0776 e. The first-order valence-electron chi connectivity index (χ1n) is 1.91. The summed E-state index contributed by atoms with van der Waals surface area (Å²) in [6.07, 6.45) is 2.64. The first-order valence-corrected chi connectivity index (χ1v) is 1.91. The first-order chi connectivity index (χ1) is 1.91. The zero-order valence-electron chi connectivity index (χ0n) is 3.99. The fourth-order valence-corrected chi connectivity index (χ4v) is 0. The maximum atomic E-state index is 2.18. The van der Waals surface area contributed by atoms with E-state index in [0.29, 0.717) is 0 Å². The summed E-state index contributed by atoms with van der Waals surface area (Å²) in [4.78, 5) is 0. The van der Waals surface area contributed by atoms with E-state index in [1.54, 1.807) is 0 Å². The molecule has 0 saturated heterocycles. The van der Waals surface area contributed by atoms with Crippen molar-refractivity contribution in [2.45, 2.75) is 34.1 Å². The van der Waals surface area contributed by atoms with Gasteiger partial charge in [0, 0.05) is 8.41 Å². The number of hydrogen-bond donors (Lipinski definition) is 0. The van der Waals surface area contributed by atoms with Gasteiger partial charge >= 0.3 is 0 Å². The third kappa shape index (κ3) is 33.7. The number of unbranched alkanes of at least 4 members (excludes halogenated alkanes) is 1. The lowest BCUT2D eigenvalue weighted by Crippen LogP contribution is -1.47. The van der Waals surface area contributed by atoms with Gasteiger partial charge in [-0.25, -0.2) is 0 Å². The van der Waals surface area contributed by atoms with Crippen LogP contribution in [0.3, 0.4) is 0 Å². The van der Waals surface area contributed by atoms with E-state index in [2.05, 4.69) is 13.8 Å². The molecule has 0 aromatic carbocycles. The molecule has 0 aliphatic carbocycles. The average Bonchev–Trinajstić information content (AvgIpc) is 1.37. The molecular formula is C5H14B. The Morgan fingerprint density at radius 3 is 1.17 bits per heavy atom. The van der Waals surface area contributed by atoms with E-state index in [4.69, 9.17) is 0 Å². The van der Waals surface area contributed by atoms with Crippen LogP contribution in [-0.4, -0.2) is 8.41 Å². The highest BCUT2D eigenvalue weighted by atomic mass is 13.6. The van der Waals surface area contributed by atoms with Gasteiger partial charge in [-0.15, -0.1) is 0 Å². The van der Waals surface area contributed by atoms with E-state index >= 15 is 0 Å². The number of rotatable bonds is 1. The summed E-state index contributed by atoms with van der Waals surface area (Å²) in [5.74, 6) is 0. The summed E-state index contributed by atoms with van der Waals surface area (Å²) in [6, 6.07) is 0. The van der Waals surface area contributed by atoms with E-state index < -0.39 is 0 Å². The molecule has 0 unspecified atom stereocenters. The summed E-state index contributed by atoms with van der Waals surface area (Å²) in [7, 11) is 0. The average molecular weight is 85.0 g/mol. The van der Waals surface area contributed by atoms with Gasteiger partial charge in [0.05, 0.1) is 0 Å². The molecular weight excluding hydrogens is 70.9 g/mol. The molecule has 6 heavy (non-hydrogen) atoms. The van der Waals surface area contributed by atoms with Gasteiger partial charge in [0.25, 0.3) is 0 Å². The van der Waals surface area contributed by atoms with Crippen LogP contribution < -0.4 is 0 Å². The Morgan fingerprint density at radius 2 is 1.17 bits per heavy atom. The second-order valence-corrected chi connectivity index (χ2v) is 1.000. The molecule has 1 heteroatoms. The van der Waals surface area contributed by atoms with Gasteiger partial charge in [0.2, 0.25) is 0 Å². The molecule has 0 aromatic rings. The Labute approximate surface area is 43.5 Å². The summed E-state index contributed by atoms with van der Waals surface area (Å²) in [5.41, 5.74) is 0. The highest BCUT2D eigenvalue weighted by molar-refractivity contribution is 5.75. The van der Waals surface area contributed by atoms with Crippen molar-refractivity contribution in [3.05, 3.63) is 0 Å². The van der Waals surface area contributed by atoms with Crippen LogP contribution in [0.1, 0.15) is 34.1 Å². The topological polar surface area (TPSA) is 0 Å². The Hall–Kier alpha value is 0.0649. The third-order valence-electron chi connectivity index (χ3n) is 0.500. The predicted molar refractivity (Wildman–Crippen MR) is 33.1 cm³/mol. The SMILES string of the molecule is C.CCCC.[B]. The molecule has 3 radical (unpaired) electrons. The molecule has 0 atom stereocenters. The van der Waals surface area contributed by atoms with E-state index in [0.717, 1.165) is 0 Å². The zero-order chi connectivity index (χ0) is 3.41. The first kappa shape index (κ1) is 16.6. The fraction of sp³-hybridized carbons (Fsp3) is 1.00. The Morgan fingerprint density at radius 1 is 1.00 bits per heavy atom. The van der Waals surface area contributed by atoms with Crippen LogP contribution >= 0.6 is 0 Å². The van der Waals surface area contributed by atoms with Crippen LogP contribution in [0.4, 0.5) is 0 Å². The van der Waals surface area contributed by atoms with Crippen molar-refractivity contribution in [2.24, 2.45) is 0 Å².